The van der Waals surface area contributed by atoms with Gasteiger partial charge in [-0.2, -0.15) is 4.52 Å². The van der Waals surface area contributed by atoms with Gasteiger partial charge in [-0.3, -0.25) is 0 Å². The molecule has 0 amide bonds. The fourth-order valence-electron chi connectivity index (χ4n) is 0.800. The molecule has 0 aliphatic rings. The number of nitrogens with two attached hydrogens (primary N) is 1. The Bertz CT molecular complexity index is 232. The van der Waals surface area contributed by atoms with Crippen LogP contribution in [0, 0.1) is 0 Å². The molecule has 0 aliphatic heterocycles. The average molecular weight is 202 g/mol. The number of rotatable bonds is 5. The lowest BCUT2D eigenvalue weighted by atomic mass is 10.3. The fraction of sp³-hybridized carbons (Fsp3) is 0.250. The van der Waals surface area contributed by atoms with E-state index in [0.29, 0.717) is 6.61 Å². The molecule has 0 saturated carbocycles. The van der Waals surface area contributed by atoms with E-state index >= 15 is 0 Å². The third kappa shape index (κ3) is 4.31. The monoisotopic (exact) mass is 202 g/mol. The van der Waals surface area contributed by atoms with E-state index in [0.717, 1.165) is 5.69 Å². The highest BCUT2D eigenvalue weighted by molar-refractivity contribution is 7.40. The second-order valence-electron chi connectivity index (χ2n) is 2.33. The van der Waals surface area contributed by atoms with Gasteiger partial charge in [-0.05, 0) is 6.92 Å². The molecule has 2 N–H and O–H groups in total. The Labute approximate surface area is 78.4 Å². The van der Waals surface area contributed by atoms with E-state index in [1.807, 2.05) is 30.3 Å². The topological polar surface area (TPSA) is 55.0 Å². The van der Waals surface area contributed by atoms with Crippen LogP contribution < -0.4 is 5.48 Å². The van der Waals surface area contributed by atoms with E-state index < -0.39 is 8.60 Å². The normalized spacial score (nSPS) is 12.8. The number of hydrogen-bond donors (Lipinski definition) is 1. The number of quaternary nitrogens is 1. The summed E-state index contributed by atoms with van der Waals surface area (Å²) < 4.78 is 9.62. The minimum Gasteiger partial charge on any atom is -0.173 e. The van der Waals surface area contributed by atoms with Gasteiger partial charge in [-0.1, -0.05) is 18.2 Å². The van der Waals surface area contributed by atoms with Crippen LogP contribution >= 0.6 is 8.60 Å². The molecule has 0 fully saturated rings. The molecule has 4 nitrogen and oxygen atoms in total. The van der Waals surface area contributed by atoms with Crippen LogP contribution in [-0.2, 0) is 14.0 Å². The molecule has 1 rings (SSSR count). The summed E-state index contributed by atoms with van der Waals surface area (Å²) in [5, 5.41) is 0. The minimum absolute atomic E-state index is 0.403. The zero-order chi connectivity index (χ0) is 9.52. The maximum Gasteiger partial charge on any atom is 0.507 e. The molecule has 0 spiro atoms. The Balaban J connectivity index is 2.27. The SMILES string of the molecule is CCO[PH+]([O])O[NH2+]c1ccccc1. The zero-order valence-corrected chi connectivity index (χ0v) is 8.40. The second-order valence-corrected chi connectivity index (χ2v) is 3.35. The van der Waals surface area contributed by atoms with E-state index in [2.05, 4.69) is 0 Å². The van der Waals surface area contributed by atoms with Gasteiger partial charge in [0.1, 0.15) is 0 Å². The highest BCUT2D eigenvalue weighted by Gasteiger charge is 2.20. The molecule has 0 bridgehead atoms. The Kier molecular flexibility index (Phi) is 4.90. The van der Waals surface area contributed by atoms with Crippen LogP contribution in [0.15, 0.2) is 30.3 Å². The van der Waals surface area contributed by atoms with Crippen LogP contribution in [0.1, 0.15) is 6.92 Å². The number of benzene rings is 1. The first kappa shape index (κ1) is 10.6. The lowest BCUT2D eigenvalue weighted by Gasteiger charge is -1.95. The number of hydrogen-bond acceptors (Lipinski definition) is 2. The van der Waals surface area contributed by atoms with Gasteiger partial charge in [0.2, 0.25) is 0 Å². The quantitative estimate of drug-likeness (QED) is 0.443. The predicted octanol–water partition coefficient (Wildman–Crippen LogP) is 1.24. The molecule has 5 heteroatoms. The molecular weight excluding hydrogens is 189 g/mol. The first-order valence-corrected chi connectivity index (χ1v) is 5.27. The Morgan fingerprint density at radius 1 is 1.38 bits per heavy atom. The van der Waals surface area contributed by atoms with Crippen LogP contribution in [0.3, 0.4) is 0 Å². The third-order valence-electron chi connectivity index (χ3n) is 1.35. The summed E-state index contributed by atoms with van der Waals surface area (Å²) in [5.74, 6) is 0. The summed E-state index contributed by atoms with van der Waals surface area (Å²) in [6.45, 7) is 2.18. The molecule has 71 valence electrons. The first-order valence-electron chi connectivity index (χ1n) is 4.04. The van der Waals surface area contributed by atoms with Crippen molar-refractivity contribution in [3.8, 4) is 0 Å². The summed E-state index contributed by atoms with van der Waals surface area (Å²) in [6, 6.07) is 9.39. The standard InChI is InChI=1S/C8H12NO3P/c1-2-11-13(10)12-9-8-6-4-3-5-7-8/h3-7,9,13H,2H2,1H3/q+1/p+1. The van der Waals surface area contributed by atoms with Crippen molar-refractivity contribution in [3.63, 3.8) is 0 Å². The van der Waals surface area contributed by atoms with Crippen LogP contribution in [-0.4, -0.2) is 6.61 Å². The maximum absolute atomic E-state index is 10.9. The van der Waals surface area contributed by atoms with Crippen molar-refractivity contribution in [3.05, 3.63) is 30.3 Å². The zero-order valence-electron chi connectivity index (χ0n) is 7.40. The van der Waals surface area contributed by atoms with Crippen LogP contribution in [0.4, 0.5) is 5.69 Å². The molecule has 1 unspecified atom stereocenters. The van der Waals surface area contributed by atoms with E-state index in [4.69, 9.17) is 9.15 Å². The Morgan fingerprint density at radius 3 is 2.69 bits per heavy atom. The van der Waals surface area contributed by atoms with Crippen molar-refractivity contribution in [1.82, 2.24) is 0 Å². The predicted molar refractivity (Wildman–Crippen MR) is 49.7 cm³/mol. The second kappa shape index (κ2) is 6.02. The molecule has 1 radical (unpaired) electrons. The Morgan fingerprint density at radius 2 is 2.08 bits per heavy atom. The van der Waals surface area contributed by atoms with Gasteiger partial charge in [-0.15, -0.1) is 5.48 Å². The molecular formula is C8H13NO3P+2. The van der Waals surface area contributed by atoms with Crippen molar-refractivity contribution in [1.29, 1.82) is 0 Å². The van der Waals surface area contributed by atoms with Crippen LogP contribution in [0.5, 0.6) is 0 Å². The van der Waals surface area contributed by atoms with E-state index in [1.54, 1.807) is 6.92 Å². The highest BCUT2D eigenvalue weighted by atomic mass is 31.2. The maximum atomic E-state index is 10.9. The van der Waals surface area contributed by atoms with Gasteiger partial charge in [-0.25, -0.2) is 0 Å². The molecule has 0 saturated heterocycles. The summed E-state index contributed by atoms with van der Waals surface area (Å²) in [7, 11) is -2.34. The van der Waals surface area contributed by atoms with Gasteiger partial charge in [0.05, 0.1) is 6.61 Å². The van der Waals surface area contributed by atoms with Crippen LogP contribution in [0.25, 0.3) is 0 Å². The lowest BCUT2D eigenvalue weighted by Crippen LogP contribution is -2.75. The molecule has 1 atom stereocenters. The Hall–Kier alpha value is -0.510. The van der Waals surface area contributed by atoms with Crippen LogP contribution in [0.2, 0.25) is 0 Å². The molecule has 1 aromatic carbocycles. The van der Waals surface area contributed by atoms with Gasteiger partial charge in [0.25, 0.3) is 0 Å². The molecule has 0 heterocycles. The van der Waals surface area contributed by atoms with Gasteiger partial charge < -0.3 is 0 Å². The van der Waals surface area contributed by atoms with Gasteiger partial charge in [0.15, 0.2) is 5.69 Å². The summed E-state index contributed by atoms with van der Waals surface area (Å²) >= 11 is 0. The van der Waals surface area contributed by atoms with Gasteiger partial charge in [0, 0.05) is 21.7 Å². The molecule has 1 aromatic rings. The smallest absolute Gasteiger partial charge is 0.173 e. The summed E-state index contributed by atoms with van der Waals surface area (Å²) in [5.41, 5.74) is 2.32. The third-order valence-corrected chi connectivity index (χ3v) is 2.19. The van der Waals surface area contributed by atoms with Crippen molar-refractivity contribution in [2.45, 2.75) is 6.92 Å². The van der Waals surface area contributed by atoms with Crippen molar-refractivity contribution >= 4 is 14.3 Å². The van der Waals surface area contributed by atoms with E-state index in [9.17, 15) is 4.89 Å². The molecule has 0 aromatic heterocycles. The lowest BCUT2D eigenvalue weighted by molar-refractivity contribution is -0.799. The summed E-state index contributed by atoms with van der Waals surface area (Å²) in [4.78, 5) is 10.9. The molecule has 13 heavy (non-hydrogen) atoms. The van der Waals surface area contributed by atoms with E-state index in [1.165, 1.54) is 5.48 Å². The average Bonchev–Trinajstić information content (AvgIpc) is 2.17. The summed E-state index contributed by atoms with van der Waals surface area (Å²) in [6.07, 6.45) is 0. The largest absolute Gasteiger partial charge is 0.507 e. The fourth-order valence-corrected chi connectivity index (χ4v) is 1.34. The van der Waals surface area contributed by atoms with Crippen molar-refractivity contribution in [2.75, 3.05) is 6.61 Å². The molecule has 0 aliphatic carbocycles. The van der Waals surface area contributed by atoms with Gasteiger partial charge >= 0.3 is 8.60 Å². The van der Waals surface area contributed by atoms with Crippen molar-refractivity contribution in [2.24, 2.45) is 0 Å². The first-order chi connectivity index (χ1) is 6.33. The van der Waals surface area contributed by atoms with E-state index in [-0.39, 0.29) is 0 Å². The highest BCUT2D eigenvalue weighted by Crippen LogP contribution is 2.30. The van der Waals surface area contributed by atoms with Crippen molar-refractivity contribution < 1.29 is 19.5 Å². The minimum atomic E-state index is -2.34.